The van der Waals surface area contributed by atoms with Crippen LogP contribution in [-0.4, -0.2) is 29.9 Å². The van der Waals surface area contributed by atoms with Gasteiger partial charge in [0.1, 0.15) is 17.4 Å². The molecule has 0 aliphatic heterocycles. The molecule has 1 rings (SSSR count). The van der Waals surface area contributed by atoms with E-state index in [9.17, 15) is 9.59 Å². The fourth-order valence-corrected chi connectivity index (χ4v) is 2.34. The maximum Gasteiger partial charge on any atom is 0.411 e. The van der Waals surface area contributed by atoms with E-state index in [-0.39, 0.29) is 0 Å². The van der Waals surface area contributed by atoms with Crippen LogP contribution in [0.1, 0.15) is 33.3 Å². The first-order valence-corrected chi connectivity index (χ1v) is 7.15. The molecule has 0 saturated carbocycles. The predicted octanol–water partition coefficient (Wildman–Crippen LogP) is 4.27. The number of ether oxygens (including phenoxy) is 1. The van der Waals surface area contributed by atoms with Crippen LogP contribution in [0.3, 0.4) is 0 Å². The molecule has 1 aromatic carbocycles. The molecule has 0 N–H and O–H groups in total. The molecule has 0 aliphatic carbocycles. The summed E-state index contributed by atoms with van der Waals surface area (Å²) in [5.74, 6) is 0. The molecule has 1 unspecified atom stereocenters. The van der Waals surface area contributed by atoms with Crippen molar-refractivity contribution >= 4 is 35.6 Å². The first kappa shape index (κ1) is 17.8. The van der Waals surface area contributed by atoms with Crippen LogP contribution >= 0.6 is 23.2 Å². The summed E-state index contributed by atoms with van der Waals surface area (Å²) in [5, 5.41) is 0.768. The lowest BCUT2D eigenvalue weighted by Crippen LogP contribution is -2.48. The number of hydrogen-bond donors (Lipinski definition) is 0. The van der Waals surface area contributed by atoms with E-state index in [2.05, 4.69) is 0 Å². The van der Waals surface area contributed by atoms with E-state index >= 15 is 0 Å². The minimum absolute atomic E-state index is 0.313. The molecule has 4 nitrogen and oxygen atoms in total. The van der Waals surface area contributed by atoms with Gasteiger partial charge < -0.3 is 9.53 Å². The zero-order valence-corrected chi connectivity index (χ0v) is 14.2. The standard InChI is InChI=1S/C15H19Cl2NO3/c1-14(2,3)21-13(20)18(5)15(4,9-19)11-7-6-10(16)8-12(11)17/h6-9H,1-5H3. The van der Waals surface area contributed by atoms with Crippen LogP contribution in [0.25, 0.3) is 0 Å². The molecular formula is C15H19Cl2NO3. The number of hydrogen-bond acceptors (Lipinski definition) is 3. The summed E-state index contributed by atoms with van der Waals surface area (Å²) in [6.45, 7) is 6.86. The molecule has 1 aromatic rings. The van der Waals surface area contributed by atoms with Crippen molar-refractivity contribution in [1.82, 2.24) is 4.90 Å². The fourth-order valence-electron chi connectivity index (χ4n) is 1.74. The van der Waals surface area contributed by atoms with Gasteiger partial charge in [-0.1, -0.05) is 29.3 Å². The van der Waals surface area contributed by atoms with Gasteiger partial charge in [0.25, 0.3) is 0 Å². The number of nitrogens with zero attached hydrogens (tertiary/aromatic N) is 1. The van der Waals surface area contributed by atoms with Crippen molar-refractivity contribution < 1.29 is 14.3 Å². The van der Waals surface area contributed by atoms with Crippen molar-refractivity contribution in [2.45, 2.75) is 38.8 Å². The van der Waals surface area contributed by atoms with E-state index in [1.165, 1.54) is 18.0 Å². The summed E-state index contributed by atoms with van der Waals surface area (Å²) in [6, 6.07) is 4.77. The zero-order valence-electron chi connectivity index (χ0n) is 12.7. The van der Waals surface area contributed by atoms with Gasteiger partial charge in [0.15, 0.2) is 0 Å². The van der Waals surface area contributed by atoms with Crippen LogP contribution in [-0.2, 0) is 15.1 Å². The average Bonchev–Trinajstić information content (AvgIpc) is 2.34. The maximum atomic E-state index is 12.2. The Morgan fingerprint density at radius 3 is 2.24 bits per heavy atom. The van der Waals surface area contributed by atoms with Crippen LogP contribution in [0.2, 0.25) is 10.0 Å². The lowest BCUT2D eigenvalue weighted by molar-refractivity contribution is -0.117. The van der Waals surface area contributed by atoms with Crippen molar-refractivity contribution in [3.8, 4) is 0 Å². The number of halogens is 2. The third-order valence-electron chi connectivity index (χ3n) is 3.07. The minimum Gasteiger partial charge on any atom is -0.444 e. The van der Waals surface area contributed by atoms with Crippen molar-refractivity contribution in [3.05, 3.63) is 33.8 Å². The molecule has 6 heteroatoms. The second-order valence-electron chi connectivity index (χ2n) is 5.93. The van der Waals surface area contributed by atoms with E-state index in [1.54, 1.807) is 39.8 Å². The van der Waals surface area contributed by atoms with Gasteiger partial charge in [-0.2, -0.15) is 0 Å². The molecule has 1 atom stereocenters. The Labute approximate surface area is 135 Å². The summed E-state index contributed by atoms with van der Waals surface area (Å²) in [4.78, 5) is 25.0. The molecule has 116 valence electrons. The van der Waals surface area contributed by atoms with Gasteiger partial charge in [0.05, 0.1) is 0 Å². The van der Waals surface area contributed by atoms with Gasteiger partial charge in [-0.15, -0.1) is 0 Å². The Bertz CT molecular complexity index is 554. The number of rotatable bonds is 3. The fraction of sp³-hybridized carbons (Fsp3) is 0.467. The quantitative estimate of drug-likeness (QED) is 0.777. The summed E-state index contributed by atoms with van der Waals surface area (Å²) >= 11 is 12.0. The zero-order chi connectivity index (χ0) is 16.4. The van der Waals surface area contributed by atoms with Crippen LogP contribution in [0.15, 0.2) is 18.2 Å². The summed E-state index contributed by atoms with van der Waals surface area (Å²) in [5.41, 5.74) is -1.42. The highest BCUT2D eigenvalue weighted by atomic mass is 35.5. The van der Waals surface area contributed by atoms with E-state index in [1.807, 2.05) is 0 Å². The van der Waals surface area contributed by atoms with Gasteiger partial charge in [-0.3, -0.25) is 4.90 Å². The highest BCUT2D eigenvalue weighted by Gasteiger charge is 2.38. The smallest absolute Gasteiger partial charge is 0.411 e. The van der Waals surface area contributed by atoms with Gasteiger partial charge in [0.2, 0.25) is 0 Å². The van der Waals surface area contributed by atoms with Crippen LogP contribution in [0.5, 0.6) is 0 Å². The van der Waals surface area contributed by atoms with Crippen LogP contribution in [0, 0.1) is 0 Å². The molecule has 0 heterocycles. The molecule has 1 amide bonds. The largest absolute Gasteiger partial charge is 0.444 e. The lowest BCUT2D eigenvalue weighted by Gasteiger charge is -2.36. The summed E-state index contributed by atoms with van der Waals surface area (Å²) in [6.07, 6.45) is 0.0505. The molecule has 0 radical (unpaired) electrons. The van der Waals surface area contributed by atoms with E-state index in [0.717, 1.165) is 0 Å². The topological polar surface area (TPSA) is 46.6 Å². The predicted molar refractivity (Wildman–Crippen MR) is 83.9 cm³/mol. The SMILES string of the molecule is CN(C(=O)OC(C)(C)C)C(C)(C=O)c1ccc(Cl)cc1Cl. The number of benzene rings is 1. The van der Waals surface area contributed by atoms with Gasteiger partial charge in [0, 0.05) is 22.7 Å². The van der Waals surface area contributed by atoms with Gasteiger partial charge >= 0.3 is 6.09 Å². The molecule has 21 heavy (non-hydrogen) atoms. The van der Waals surface area contributed by atoms with Gasteiger partial charge in [-0.05, 0) is 39.8 Å². The first-order chi connectivity index (χ1) is 9.51. The van der Waals surface area contributed by atoms with E-state index < -0.39 is 17.2 Å². The average molecular weight is 332 g/mol. The second-order valence-corrected chi connectivity index (χ2v) is 6.77. The van der Waals surface area contributed by atoms with Crippen molar-refractivity contribution in [2.24, 2.45) is 0 Å². The third kappa shape index (κ3) is 4.11. The monoisotopic (exact) mass is 331 g/mol. The highest BCUT2D eigenvalue weighted by Crippen LogP contribution is 2.33. The molecular weight excluding hydrogens is 313 g/mol. The number of amides is 1. The number of carbonyl (C=O) groups is 2. The van der Waals surface area contributed by atoms with Crippen molar-refractivity contribution in [2.75, 3.05) is 7.05 Å². The normalized spacial score (nSPS) is 14.2. The Balaban J connectivity index is 3.20. The van der Waals surface area contributed by atoms with Crippen molar-refractivity contribution in [3.63, 3.8) is 0 Å². The minimum atomic E-state index is -1.25. The second kappa shape index (κ2) is 6.24. The number of likely N-dealkylation sites (N-methyl/N-ethyl adjacent to an activating group) is 1. The highest BCUT2D eigenvalue weighted by molar-refractivity contribution is 6.35. The van der Waals surface area contributed by atoms with E-state index in [4.69, 9.17) is 27.9 Å². The number of aldehydes is 1. The first-order valence-electron chi connectivity index (χ1n) is 6.40. The van der Waals surface area contributed by atoms with E-state index in [0.29, 0.717) is 21.9 Å². The Hall–Kier alpha value is -1.26. The number of carbonyl (C=O) groups excluding carboxylic acids is 2. The molecule has 0 fully saturated rings. The Morgan fingerprint density at radius 1 is 1.24 bits per heavy atom. The lowest BCUT2D eigenvalue weighted by atomic mass is 9.92. The Morgan fingerprint density at radius 2 is 1.81 bits per heavy atom. The maximum absolute atomic E-state index is 12.2. The van der Waals surface area contributed by atoms with Crippen molar-refractivity contribution in [1.29, 1.82) is 0 Å². The molecule has 0 bridgehead atoms. The molecule has 0 saturated heterocycles. The molecule has 0 spiro atoms. The summed E-state index contributed by atoms with van der Waals surface area (Å²) in [7, 11) is 1.49. The summed E-state index contributed by atoms with van der Waals surface area (Å²) < 4.78 is 5.29. The Kier molecular flexibility index (Phi) is 5.29. The molecule has 0 aromatic heterocycles. The van der Waals surface area contributed by atoms with Crippen LogP contribution in [0.4, 0.5) is 4.79 Å². The van der Waals surface area contributed by atoms with Gasteiger partial charge in [-0.25, -0.2) is 4.79 Å². The molecule has 0 aliphatic rings. The third-order valence-corrected chi connectivity index (χ3v) is 3.62. The van der Waals surface area contributed by atoms with Crippen LogP contribution < -0.4 is 0 Å².